The molecule has 0 saturated heterocycles. The molecule has 2 aromatic rings. The molecule has 20 heavy (non-hydrogen) atoms. The standard InChI is InChI=1S/C14H17N5O/c1-10(12-3-2-5-16-9-12)18-8-11-4-6-17-13(7-11)14(15)19-20/h2-7,9-10,18,20H,8H2,1H3,(H2,15,19)/t10-/m0/s1. The summed E-state index contributed by atoms with van der Waals surface area (Å²) < 4.78 is 0. The van der Waals surface area contributed by atoms with Crippen LogP contribution < -0.4 is 11.1 Å². The third-order valence-corrected chi connectivity index (χ3v) is 2.99. The first-order valence-electron chi connectivity index (χ1n) is 6.27. The van der Waals surface area contributed by atoms with Gasteiger partial charge < -0.3 is 16.3 Å². The number of oxime groups is 1. The minimum Gasteiger partial charge on any atom is -0.409 e. The maximum atomic E-state index is 8.65. The van der Waals surface area contributed by atoms with Gasteiger partial charge in [-0.2, -0.15) is 0 Å². The highest BCUT2D eigenvalue weighted by Gasteiger charge is 2.06. The van der Waals surface area contributed by atoms with Crippen molar-refractivity contribution in [3.8, 4) is 0 Å². The predicted octanol–water partition coefficient (Wildman–Crippen LogP) is 1.42. The first-order valence-corrected chi connectivity index (χ1v) is 6.27. The van der Waals surface area contributed by atoms with Crippen molar-refractivity contribution in [2.75, 3.05) is 0 Å². The molecule has 2 aromatic heterocycles. The SMILES string of the molecule is C[C@H](NCc1ccnc(/C(N)=N/O)c1)c1cccnc1. The fourth-order valence-electron chi connectivity index (χ4n) is 1.80. The zero-order chi connectivity index (χ0) is 14.4. The first-order chi connectivity index (χ1) is 9.70. The smallest absolute Gasteiger partial charge is 0.188 e. The number of hydrogen-bond acceptors (Lipinski definition) is 5. The van der Waals surface area contributed by atoms with E-state index in [-0.39, 0.29) is 11.9 Å². The molecule has 6 heteroatoms. The van der Waals surface area contributed by atoms with Gasteiger partial charge in [0.1, 0.15) is 5.69 Å². The average Bonchev–Trinajstić information content (AvgIpc) is 2.53. The molecule has 0 unspecified atom stereocenters. The molecule has 0 aliphatic heterocycles. The van der Waals surface area contributed by atoms with E-state index in [0.29, 0.717) is 12.2 Å². The molecular formula is C14H17N5O. The zero-order valence-electron chi connectivity index (χ0n) is 11.2. The molecule has 0 aliphatic rings. The van der Waals surface area contributed by atoms with Gasteiger partial charge in [-0.05, 0) is 36.2 Å². The van der Waals surface area contributed by atoms with Crippen LogP contribution in [-0.2, 0) is 6.54 Å². The Balaban J connectivity index is 2.01. The van der Waals surface area contributed by atoms with Crippen molar-refractivity contribution in [2.24, 2.45) is 10.9 Å². The van der Waals surface area contributed by atoms with E-state index in [4.69, 9.17) is 10.9 Å². The van der Waals surface area contributed by atoms with E-state index < -0.39 is 0 Å². The second-order valence-electron chi connectivity index (χ2n) is 4.42. The summed E-state index contributed by atoms with van der Waals surface area (Å²) in [6.45, 7) is 2.73. The molecule has 0 aliphatic carbocycles. The number of amidine groups is 1. The van der Waals surface area contributed by atoms with Crippen LogP contribution in [-0.4, -0.2) is 21.0 Å². The van der Waals surface area contributed by atoms with Crippen molar-refractivity contribution in [1.82, 2.24) is 15.3 Å². The lowest BCUT2D eigenvalue weighted by atomic mass is 10.1. The molecule has 4 N–H and O–H groups in total. The summed E-state index contributed by atoms with van der Waals surface area (Å²) in [5.41, 5.74) is 8.11. The first kappa shape index (κ1) is 14.0. The third-order valence-electron chi connectivity index (χ3n) is 2.99. The molecule has 2 heterocycles. The fourth-order valence-corrected chi connectivity index (χ4v) is 1.80. The quantitative estimate of drug-likeness (QED) is 0.331. The van der Waals surface area contributed by atoms with Gasteiger partial charge in [0.2, 0.25) is 0 Å². The third kappa shape index (κ3) is 3.52. The van der Waals surface area contributed by atoms with Crippen molar-refractivity contribution in [3.05, 3.63) is 59.7 Å². The number of nitrogens with one attached hydrogen (secondary N) is 1. The molecule has 0 amide bonds. The molecule has 0 bridgehead atoms. The Bertz CT molecular complexity index is 585. The van der Waals surface area contributed by atoms with Crippen molar-refractivity contribution >= 4 is 5.84 Å². The maximum Gasteiger partial charge on any atom is 0.188 e. The van der Waals surface area contributed by atoms with Crippen LogP contribution >= 0.6 is 0 Å². The zero-order valence-corrected chi connectivity index (χ0v) is 11.2. The Kier molecular flexibility index (Phi) is 4.62. The minimum absolute atomic E-state index is 0.00663. The number of hydrogen-bond donors (Lipinski definition) is 3. The van der Waals surface area contributed by atoms with Gasteiger partial charge in [0.25, 0.3) is 0 Å². The number of rotatable bonds is 5. The summed E-state index contributed by atoms with van der Waals surface area (Å²) in [6.07, 6.45) is 5.23. The van der Waals surface area contributed by atoms with Crippen LogP contribution in [0.25, 0.3) is 0 Å². The largest absolute Gasteiger partial charge is 0.409 e. The highest BCUT2D eigenvalue weighted by Crippen LogP contribution is 2.11. The maximum absolute atomic E-state index is 8.65. The van der Waals surface area contributed by atoms with Gasteiger partial charge >= 0.3 is 0 Å². The Morgan fingerprint density at radius 1 is 1.45 bits per heavy atom. The normalized spacial score (nSPS) is 13.2. The molecule has 0 spiro atoms. The monoisotopic (exact) mass is 271 g/mol. The molecule has 0 radical (unpaired) electrons. The molecule has 6 nitrogen and oxygen atoms in total. The highest BCUT2D eigenvalue weighted by molar-refractivity contribution is 5.95. The topological polar surface area (TPSA) is 96.4 Å². The Labute approximate surface area is 117 Å². The molecular weight excluding hydrogens is 254 g/mol. The lowest BCUT2D eigenvalue weighted by Crippen LogP contribution is -2.19. The Morgan fingerprint density at radius 3 is 3.00 bits per heavy atom. The lowest BCUT2D eigenvalue weighted by molar-refractivity contribution is 0.318. The summed E-state index contributed by atoms with van der Waals surface area (Å²) >= 11 is 0. The van der Waals surface area contributed by atoms with Crippen molar-refractivity contribution < 1.29 is 5.21 Å². The van der Waals surface area contributed by atoms with E-state index in [2.05, 4.69) is 27.4 Å². The number of nitrogens with zero attached hydrogens (tertiary/aromatic N) is 3. The second-order valence-corrected chi connectivity index (χ2v) is 4.42. The lowest BCUT2D eigenvalue weighted by Gasteiger charge is -2.14. The van der Waals surface area contributed by atoms with Crippen molar-refractivity contribution in [2.45, 2.75) is 19.5 Å². The van der Waals surface area contributed by atoms with Crippen molar-refractivity contribution in [1.29, 1.82) is 0 Å². The fraction of sp³-hybridized carbons (Fsp3) is 0.214. The van der Waals surface area contributed by atoms with Gasteiger partial charge in [0.15, 0.2) is 5.84 Å². The molecule has 104 valence electrons. The van der Waals surface area contributed by atoms with Crippen LogP contribution in [0.1, 0.15) is 29.8 Å². The molecule has 0 aromatic carbocycles. The van der Waals surface area contributed by atoms with E-state index >= 15 is 0 Å². The van der Waals surface area contributed by atoms with Crippen molar-refractivity contribution in [3.63, 3.8) is 0 Å². The van der Waals surface area contributed by atoms with E-state index in [1.54, 1.807) is 18.5 Å². The molecule has 0 saturated carbocycles. The number of aromatic nitrogens is 2. The van der Waals surface area contributed by atoms with Gasteiger partial charge in [-0.3, -0.25) is 9.97 Å². The second kappa shape index (κ2) is 6.63. The molecule has 1 atom stereocenters. The highest BCUT2D eigenvalue weighted by atomic mass is 16.4. The van der Waals surface area contributed by atoms with Gasteiger partial charge in [-0.1, -0.05) is 11.2 Å². The summed E-state index contributed by atoms with van der Waals surface area (Å²) in [6, 6.07) is 7.80. The number of nitrogens with two attached hydrogens (primary N) is 1. The van der Waals surface area contributed by atoms with Crippen LogP contribution in [0.5, 0.6) is 0 Å². The van der Waals surface area contributed by atoms with Crippen LogP contribution in [0.3, 0.4) is 0 Å². The Morgan fingerprint density at radius 2 is 2.30 bits per heavy atom. The summed E-state index contributed by atoms with van der Waals surface area (Å²) in [7, 11) is 0. The molecule has 0 fully saturated rings. The van der Waals surface area contributed by atoms with Crippen LogP contribution in [0.15, 0.2) is 48.0 Å². The minimum atomic E-state index is 0.00663. The van der Waals surface area contributed by atoms with Gasteiger partial charge in [0, 0.05) is 31.2 Å². The van der Waals surface area contributed by atoms with E-state index in [9.17, 15) is 0 Å². The summed E-state index contributed by atoms with van der Waals surface area (Å²) in [5, 5.41) is 15.0. The predicted molar refractivity (Wildman–Crippen MR) is 76.2 cm³/mol. The van der Waals surface area contributed by atoms with Crippen LogP contribution in [0.4, 0.5) is 0 Å². The van der Waals surface area contributed by atoms with Gasteiger partial charge in [0.05, 0.1) is 0 Å². The van der Waals surface area contributed by atoms with E-state index in [0.717, 1.165) is 11.1 Å². The van der Waals surface area contributed by atoms with E-state index in [1.165, 1.54) is 0 Å². The average molecular weight is 271 g/mol. The number of pyridine rings is 2. The van der Waals surface area contributed by atoms with Gasteiger partial charge in [-0.15, -0.1) is 0 Å². The van der Waals surface area contributed by atoms with Gasteiger partial charge in [-0.25, -0.2) is 0 Å². The van der Waals surface area contributed by atoms with E-state index in [1.807, 2.05) is 24.4 Å². The summed E-state index contributed by atoms with van der Waals surface area (Å²) in [5.74, 6) is 0.00663. The summed E-state index contributed by atoms with van der Waals surface area (Å²) in [4.78, 5) is 8.14. The van der Waals surface area contributed by atoms with Crippen LogP contribution in [0, 0.1) is 0 Å². The van der Waals surface area contributed by atoms with Crippen LogP contribution in [0.2, 0.25) is 0 Å². The molecule has 2 rings (SSSR count). The Hall–Kier alpha value is -2.47.